The minimum Gasteiger partial charge on any atom is -0.489 e. The summed E-state index contributed by atoms with van der Waals surface area (Å²) >= 11 is 15.4. The minimum absolute atomic E-state index is 0.185. The van der Waals surface area contributed by atoms with E-state index >= 15 is 0 Å². The van der Waals surface area contributed by atoms with Crippen molar-refractivity contribution in [1.82, 2.24) is 9.66 Å². The molecule has 8 heteroatoms. The third-order valence-corrected chi connectivity index (χ3v) is 6.45. The van der Waals surface area contributed by atoms with Crippen molar-refractivity contribution in [1.29, 1.82) is 0 Å². The maximum absolute atomic E-state index is 13.2. The van der Waals surface area contributed by atoms with Crippen LogP contribution in [0.1, 0.15) is 36.7 Å². The van der Waals surface area contributed by atoms with Crippen molar-refractivity contribution in [2.24, 2.45) is 5.10 Å². The molecule has 3 aromatic carbocycles. The summed E-state index contributed by atoms with van der Waals surface area (Å²) in [6.07, 6.45) is 4.26. The largest absolute Gasteiger partial charge is 0.489 e. The van der Waals surface area contributed by atoms with E-state index in [0.29, 0.717) is 45.5 Å². The third kappa shape index (κ3) is 5.87. The summed E-state index contributed by atoms with van der Waals surface area (Å²) in [6, 6.07) is 18.4. The van der Waals surface area contributed by atoms with Crippen molar-refractivity contribution in [2.75, 3.05) is 0 Å². The molecular formula is C26H22BrCl2N3O2. The van der Waals surface area contributed by atoms with Gasteiger partial charge in [0.05, 0.1) is 27.2 Å². The topological polar surface area (TPSA) is 56.5 Å². The molecule has 4 rings (SSSR count). The monoisotopic (exact) mass is 557 g/mol. The fourth-order valence-corrected chi connectivity index (χ4v) is 4.06. The lowest BCUT2D eigenvalue weighted by atomic mass is 10.2. The molecule has 0 unspecified atom stereocenters. The van der Waals surface area contributed by atoms with Crippen LogP contribution in [-0.4, -0.2) is 15.9 Å². The van der Waals surface area contributed by atoms with Crippen molar-refractivity contribution in [3.8, 4) is 5.75 Å². The van der Waals surface area contributed by atoms with Crippen LogP contribution in [0.2, 0.25) is 10.0 Å². The van der Waals surface area contributed by atoms with Crippen LogP contribution in [0.3, 0.4) is 0 Å². The summed E-state index contributed by atoms with van der Waals surface area (Å²) < 4.78 is 8.06. The number of halogens is 3. The molecule has 0 radical (unpaired) electrons. The molecule has 0 fully saturated rings. The number of hydrogen-bond donors (Lipinski definition) is 0. The van der Waals surface area contributed by atoms with E-state index in [2.05, 4.69) is 28.0 Å². The zero-order valence-electron chi connectivity index (χ0n) is 18.5. The second-order valence-electron chi connectivity index (χ2n) is 7.76. The fourth-order valence-electron chi connectivity index (χ4n) is 3.38. The summed E-state index contributed by atoms with van der Waals surface area (Å²) in [7, 11) is 0. The van der Waals surface area contributed by atoms with Gasteiger partial charge in [-0.15, -0.1) is 0 Å². The highest BCUT2D eigenvalue weighted by Gasteiger charge is 2.11. The quantitative estimate of drug-likeness (QED) is 0.214. The highest BCUT2D eigenvalue weighted by Crippen LogP contribution is 2.23. The van der Waals surface area contributed by atoms with Crippen LogP contribution in [0.15, 0.2) is 75.0 Å². The average molecular weight is 559 g/mol. The molecule has 0 bridgehead atoms. The normalized spacial score (nSPS) is 11.4. The predicted octanol–water partition coefficient (Wildman–Crippen LogP) is 7.27. The predicted molar refractivity (Wildman–Crippen MR) is 143 cm³/mol. The number of rotatable bonds is 8. The van der Waals surface area contributed by atoms with Gasteiger partial charge in [-0.2, -0.15) is 9.78 Å². The van der Waals surface area contributed by atoms with Crippen molar-refractivity contribution < 1.29 is 4.74 Å². The van der Waals surface area contributed by atoms with E-state index in [0.717, 1.165) is 28.4 Å². The van der Waals surface area contributed by atoms with Crippen molar-refractivity contribution in [3.63, 3.8) is 0 Å². The summed E-state index contributed by atoms with van der Waals surface area (Å²) in [5, 5.41) is 6.02. The van der Waals surface area contributed by atoms with Crippen LogP contribution < -0.4 is 10.3 Å². The molecule has 0 aliphatic carbocycles. The number of fused-ring (bicyclic) bond motifs is 1. The fraction of sp³-hybridized carbons (Fsp3) is 0.192. The summed E-state index contributed by atoms with van der Waals surface area (Å²) in [5.41, 5.74) is 2.25. The number of hydrogen-bond acceptors (Lipinski definition) is 4. The molecule has 0 aliphatic heterocycles. The Morgan fingerprint density at radius 3 is 2.59 bits per heavy atom. The Morgan fingerprint density at radius 1 is 1.06 bits per heavy atom. The highest BCUT2D eigenvalue weighted by atomic mass is 79.9. The van der Waals surface area contributed by atoms with Crippen LogP contribution in [0.4, 0.5) is 0 Å². The maximum Gasteiger partial charge on any atom is 0.282 e. The molecule has 0 aliphatic rings. The van der Waals surface area contributed by atoms with E-state index in [-0.39, 0.29) is 5.56 Å². The maximum atomic E-state index is 13.2. The molecule has 34 heavy (non-hydrogen) atoms. The van der Waals surface area contributed by atoms with Crippen molar-refractivity contribution in [3.05, 3.63) is 102 Å². The lowest BCUT2D eigenvalue weighted by Crippen LogP contribution is -2.22. The SMILES string of the molecule is CCCCc1nc2ccc(Br)cc2c(=O)n1N=Cc1ccc(OCc2ccc(Cl)c(Cl)c2)cc1. The van der Waals surface area contributed by atoms with Crippen molar-refractivity contribution >= 4 is 56.2 Å². The summed E-state index contributed by atoms with van der Waals surface area (Å²) in [5.74, 6) is 1.36. The first-order valence-corrected chi connectivity index (χ1v) is 12.4. The zero-order chi connectivity index (χ0) is 24.1. The molecule has 174 valence electrons. The molecule has 1 heterocycles. The summed E-state index contributed by atoms with van der Waals surface area (Å²) in [4.78, 5) is 17.9. The molecule has 4 aromatic rings. The Morgan fingerprint density at radius 2 is 1.85 bits per heavy atom. The zero-order valence-corrected chi connectivity index (χ0v) is 21.6. The molecule has 0 amide bonds. The van der Waals surface area contributed by atoms with Gasteiger partial charge >= 0.3 is 0 Å². The second-order valence-corrected chi connectivity index (χ2v) is 9.49. The minimum atomic E-state index is -0.185. The number of aromatic nitrogens is 2. The first-order valence-electron chi connectivity index (χ1n) is 10.9. The van der Waals surface area contributed by atoms with Gasteiger partial charge in [0, 0.05) is 10.9 Å². The van der Waals surface area contributed by atoms with Crippen LogP contribution in [0.25, 0.3) is 10.9 Å². The standard InChI is InChI=1S/C26H22BrCl2N3O2/c1-2-3-4-25-31-24-12-8-19(27)14-21(24)26(33)32(25)30-15-17-5-9-20(10-6-17)34-16-18-7-11-22(28)23(29)13-18/h5-15H,2-4,16H2,1H3. The number of ether oxygens (including phenoxy) is 1. The molecule has 0 atom stereocenters. The van der Waals surface area contributed by atoms with Crippen LogP contribution in [0, 0.1) is 0 Å². The smallest absolute Gasteiger partial charge is 0.282 e. The van der Waals surface area contributed by atoms with Crippen LogP contribution >= 0.6 is 39.1 Å². The van der Waals surface area contributed by atoms with Gasteiger partial charge < -0.3 is 4.74 Å². The lowest BCUT2D eigenvalue weighted by molar-refractivity contribution is 0.306. The van der Waals surface area contributed by atoms with Gasteiger partial charge in [-0.1, -0.05) is 58.5 Å². The Kier molecular flexibility index (Phi) is 8.03. The first-order chi connectivity index (χ1) is 16.4. The number of benzene rings is 3. The van der Waals surface area contributed by atoms with Gasteiger partial charge in [-0.3, -0.25) is 4.79 Å². The van der Waals surface area contributed by atoms with E-state index < -0.39 is 0 Å². The Bertz CT molecular complexity index is 1400. The van der Waals surface area contributed by atoms with E-state index in [1.807, 2.05) is 42.5 Å². The average Bonchev–Trinajstić information content (AvgIpc) is 2.84. The molecule has 5 nitrogen and oxygen atoms in total. The van der Waals surface area contributed by atoms with E-state index in [4.69, 9.17) is 32.9 Å². The molecule has 0 saturated heterocycles. The molecule has 0 saturated carbocycles. The molecule has 0 N–H and O–H groups in total. The van der Waals surface area contributed by atoms with Gasteiger partial charge in [0.2, 0.25) is 0 Å². The molecular weight excluding hydrogens is 537 g/mol. The number of nitrogens with zero attached hydrogens (tertiary/aromatic N) is 3. The Labute approximate surface area is 216 Å². The first kappa shape index (κ1) is 24.5. The summed E-state index contributed by atoms with van der Waals surface area (Å²) in [6.45, 7) is 2.48. The van der Waals surface area contributed by atoms with E-state index in [1.165, 1.54) is 4.68 Å². The third-order valence-electron chi connectivity index (χ3n) is 5.22. The van der Waals surface area contributed by atoms with E-state index in [9.17, 15) is 4.79 Å². The molecule has 0 spiro atoms. The number of aryl methyl sites for hydroxylation is 1. The van der Waals surface area contributed by atoms with Crippen LogP contribution in [-0.2, 0) is 13.0 Å². The van der Waals surface area contributed by atoms with Crippen molar-refractivity contribution in [2.45, 2.75) is 32.8 Å². The van der Waals surface area contributed by atoms with Crippen LogP contribution in [0.5, 0.6) is 5.75 Å². The number of unbranched alkanes of at least 4 members (excludes halogenated alkanes) is 1. The van der Waals surface area contributed by atoms with Gasteiger partial charge in [0.15, 0.2) is 0 Å². The Hall–Kier alpha value is -2.67. The Balaban J connectivity index is 1.54. The van der Waals surface area contributed by atoms with Gasteiger partial charge in [-0.25, -0.2) is 4.98 Å². The van der Waals surface area contributed by atoms with E-state index in [1.54, 1.807) is 24.4 Å². The highest BCUT2D eigenvalue weighted by molar-refractivity contribution is 9.10. The van der Waals surface area contributed by atoms with Gasteiger partial charge in [-0.05, 0) is 72.1 Å². The molecule has 1 aromatic heterocycles. The lowest BCUT2D eigenvalue weighted by Gasteiger charge is -2.09. The van der Waals surface area contributed by atoms with Gasteiger partial charge in [0.25, 0.3) is 5.56 Å². The second kappa shape index (κ2) is 11.2. The van der Waals surface area contributed by atoms with Gasteiger partial charge in [0.1, 0.15) is 18.2 Å².